The zero-order valence-electron chi connectivity index (χ0n) is 17.9. The summed E-state index contributed by atoms with van der Waals surface area (Å²) in [6.45, 7) is 6.32. The number of carbonyl (C=O) groups is 4. The van der Waals surface area contributed by atoms with Gasteiger partial charge in [0, 0.05) is 43.0 Å². The molecule has 160 valence electrons. The largest absolute Gasteiger partial charge is 0.550 e. The van der Waals surface area contributed by atoms with Gasteiger partial charge in [0.15, 0.2) is 0 Å². The van der Waals surface area contributed by atoms with Crippen molar-refractivity contribution in [1.29, 1.82) is 0 Å². The maximum Gasteiger partial charge on any atom is 0.139 e. The fourth-order valence-electron chi connectivity index (χ4n) is 7.94. The highest BCUT2D eigenvalue weighted by atomic mass is 16.4. The molecule has 4 fully saturated rings. The first-order valence-electron chi connectivity index (χ1n) is 11.4. The van der Waals surface area contributed by atoms with E-state index < -0.39 is 11.4 Å². The molecule has 0 unspecified atom stereocenters. The Balaban J connectivity index is 1.63. The molecule has 8 atom stereocenters. The molecule has 0 aromatic heterocycles. The molecule has 0 aromatic rings. The van der Waals surface area contributed by atoms with Crippen molar-refractivity contribution in [2.45, 2.75) is 78.6 Å². The third-order valence-electron chi connectivity index (χ3n) is 9.71. The topological polar surface area (TPSA) is 91.3 Å². The Kier molecular flexibility index (Phi) is 5.02. The number of rotatable bonds is 4. The van der Waals surface area contributed by atoms with E-state index in [0.717, 1.165) is 19.3 Å². The summed E-state index contributed by atoms with van der Waals surface area (Å²) in [7, 11) is 0. The second-order valence-corrected chi connectivity index (χ2v) is 10.8. The Hall–Kier alpha value is -1.52. The molecule has 0 heterocycles. The normalized spacial score (nSPS) is 45.3. The van der Waals surface area contributed by atoms with Crippen LogP contribution in [0.1, 0.15) is 78.6 Å². The van der Waals surface area contributed by atoms with Crippen molar-refractivity contribution in [3.8, 4) is 0 Å². The molecule has 0 spiro atoms. The summed E-state index contributed by atoms with van der Waals surface area (Å²) in [5.74, 6) is 0.130. The molecule has 4 rings (SSSR count). The summed E-state index contributed by atoms with van der Waals surface area (Å²) < 4.78 is 0. The lowest BCUT2D eigenvalue weighted by Gasteiger charge is -2.58. The van der Waals surface area contributed by atoms with E-state index in [-0.39, 0.29) is 64.7 Å². The molecule has 29 heavy (non-hydrogen) atoms. The number of aliphatic carboxylic acids is 1. The van der Waals surface area contributed by atoms with Crippen LogP contribution in [0.5, 0.6) is 0 Å². The Morgan fingerprint density at radius 2 is 1.83 bits per heavy atom. The van der Waals surface area contributed by atoms with Gasteiger partial charge in [0.05, 0.1) is 0 Å². The van der Waals surface area contributed by atoms with E-state index in [1.54, 1.807) is 0 Å². The molecule has 0 aromatic carbocycles. The molecule has 0 aliphatic heterocycles. The molecule has 0 radical (unpaired) electrons. The molecular formula is C24H33O5-. The number of carbonyl (C=O) groups excluding carboxylic acids is 4. The van der Waals surface area contributed by atoms with Crippen LogP contribution in [0, 0.1) is 46.3 Å². The summed E-state index contributed by atoms with van der Waals surface area (Å²) in [5, 5.41) is 10.9. The van der Waals surface area contributed by atoms with Crippen LogP contribution in [0.25, 0.3) is 0 Å². The van der Waals surface area contributed by atoms with Crippen LogP contribution in [0.3, 0.4) is 0 Å². The molecule has 5 nitrogen and oxygen atoms in total. The van der Waals surface area contributed by atoms with E-state index in [0.29, 0.717) is 32.1 Å². The Morgan fingerprint density at radius 1 is 1.10 bits per heavy atom. The van der Waals surface area contributed by atoms with Crippen molar-refractivity contribution in [2.75, 3.05) is 0 Å². The van der Waals surface area contributed by atoms with Gasteiger partial charge in [0.1, 0.15) is 17.3 Å². The second-order valence-electron chi connectivity index (χ2n) is 10.8. The van der Waals surface area contributed by atoms with Gasteiger partial charge in [-0.15, -0.1) is 0 Å². The summed E-state index contributed by atoms with van der Waals surface area (Å²) in [4.78, 5) is 49.8. The van der Waals surface area contributed by atoms with E-state index in [2.05, 4.69) is 13.8 Å². The maximum absolute atomic E-state index is 13.6. The van der Waals surface area contributed by atoms with Crippen molar-refractivity contribution in [3.05, 3.63) is 0 Å². The first-order valence-corrected chi connectivity index (χ1v) is 11.4. The van der Waals surface area contributed by atoms with Crippen LogP contribution in [-0.4, -0.2) is 23.3 Å². The molecule has 0 N–H and O–H groups in total. The Morgan fingerprint density at radius 3 is 2.52 bits per heavy atom. The molecule has 0 bridgehead atoms. The van der Waals surface area contributed by atoms with Gasteiger partial charge >= 0.3 is 0 Å². The predicted molar refractivity (Wildman–Crippen MR) is 104 cm³/mol. The summed E-state index contributed by atoms with van der Waals surface area (Å²) >= 11 is 0. The summed E-state index contributed by atoms with van der Waals surface area (Å²) in [6, 6.07) is 0. The van der Waals surface area contributed by atoms with E-state index in [1.807, 2.05) is 6.92 Å². The van der Waals surface area contributed by atoms with Crippen molar-refractivity contribution in [3.63, 3.8) is 0 Å². The average molecular weight is 402 g/mol. The molecule has 5 heteroatoms. The zero-order chi connectivity index (χ0) is 21.1. The molecule has 0 amide bonds. The van der Waals surface area contributed by atoms with Crippen LogP contribution in [-0.2, 0) is 19.2 Å². The number of ketones is 3. The average Bonchev–Trinajstić information content (AvgIpc) is 3.01. The first kappa shape index (κ1) is 20.7. The minimum absolute atomic E-state index is 0.0192. The fraction of sp³-hybridized carbons (Fsp3) is 0.833. The first-order chi connectivity index (χ1) is 13.6. The van der Waals surface area contributed by atoms with Gasteiger partial charge in [-0.2, -0.15) is 0 Å². The van der Waals surface area contributed by atoms with Crippen molar-refractivity contribution < 1.29 is 24.3 Å². The van der Waals surface area contributed by atoms with Crippen LogP contribution >= 0.6 is 0 Å². The van der Waals surface area contributed by atoms with E-state index in [9.17, 15) is 24.3 Å². The number of carboxylic acids is 1. The third-order valence-corrected chi connectivity index (χ3v) is 9.71. The predicted octanol–water partition coefficient (Wildman–Crippen LogP) is 2.74. The fourth-order valence-corrected chi connectivity index (χ4v) is 7.94. The van der Waals surface area contributed by atoms with Crippen molar-refractivity contribution in [1.82, 2.24) is 0 Å². The number of carboxylic acid groups (broad SMARTS) is 1. The van der Waals surface area contributed by atoms with Crippen LogP contribution in [0.4, 0.5) is 0 Å². The highest BCUT2D eigenvalue weighted by Gasteiger charge is 2.66. The van der Waals surface area contributed by atoms with Crippen LogP contribution < -0.4 is 5.11 Å². The highest BCUT2D eigenvalue weighted by Crippen LogP contribution is 2.66. The monoisotopic (exact) mass is 401 g/mol. The lowest BCUT2D eigenvalue weighted by atomic mass is 9.44. The van der Waals surface area contributed by atoms with E-state index >= 15 is 0 Å². The molecular weight excluding hydrogens is 368 g/mol. The van der Waals surface area contributed by atoms with Gasteiger partial charge < -0.3 is 9.90 Å². The quantitative estimate of drug-likeness (QED) is 0.722. The van der Waals surface area contributed by atoms with Gasteiger partial charge in [0.2, 0.25) is 0 Å². The Labute approximate surface area is 173 Å². The van der Waals surface area contributed by atoms with Gasteiger partial charge in [0.25, 0.3) is 0 Å². The van der Waals surface area contributed by atoms with Gasteiger partial charge in [-0.25, -0.2) is 0 Å². The van der Waals surface area contributed by atoms with Gasteiger partial charge in [-0.3, -0.25) is 14.4 Å². The number of Topliss-reactive ketones (excluding diaryl/α,β-unsaturated/α-hetero) is 3. The third kappa shape index (κ3) is 3.02. The van der Waals surface area contributed by atoms with Crippen molar-refractivity contribution >= 4 is 23.3 Å². The lowest BCUT2D eigenvalue weighted by Crippen LogP contribution is -2.60. The smallest absolute Gasteiger partial charge is 0.139 e. The maximum atomic E-state index is 13.6. The Bertz CT molecular complexity index is 756. The molecule has 4 aliphatic carbocycles. The molecule has 0 saturated heterocycles. The van der Waals surface area contributed by atoms with Crippen molar-refractivity contribution in [2.24, 2.45) is 46.3 Å². The second kappa shape index (κ2) is 7.02. The van der Waals surface area contributed by atoms with Crippen LogP contribution in [0.2, 0.25) is 0 Å². The lowest BCUT2D eigenvalue weighted by molar-refractivity contribution is -0.306. The standard InChI is InChI=1S/C24H34O5/c1-13(4-7-21(28)29)16-5-6-17-22-18(12-20(27)24(16,17)3)23(2)9-8-15(25)10-14(23)11-19(22)26/h13-14,16-18,22H,4-12H2,1-3H3,(H,28,29)/p-1/t13-,14+,16-,17-,18-,22-,23+,24-/m1/s1. The summed E-state index contributed by atoms with van der Waals surface area (Å²) in [5.41, 5.74) is -0.627. The molecule has 4 aliphatic rings. The SMILES string of the molecule is C[C@H](CCC(=O)[O-])[C@H]1CC[C@@H]2[C@H]3C(=O)C[C@@H]4CC(=O)CC[C@]4(C)[C@@H]3CC(=O)[C@@]21C. The van der Waals surface area contributed by atoms with E-state index in [1.165, 1.54) is 0 Å². The zero-order valence-corrected chi connectivity index (χ0v) is 17.9. The number of hydrogen-bond donors (Lipinski definition) is 0. The minimum Gasteiger partial charge on any atom is -0.550 e. The highest BCUT2D eigenvalue weighted by molar-refractivity contribution is 5.93. The van der Waals surface area contributed by atoms with Gasteiger partial charge in [-0.1, -0.05) is 20.8 Å². The summed E-state index contributed by atoms with van der Waals surface area (Å²) in [6.07, 6.45) is 5.08. The van der Waals surface area contributed by atoms with Gasteiger partial charge in [-0.05, 0) is 67.1 Å². The molecule has 4 saturated carbocycles. The van der Waals surface area contributed by atoms with E-state index in [4.69, 9.17) is 0 Å². The van der Waals surface area contributed by atoms with Crippen LogP contribution in [0.15, 0.2) is 0 Å². The number of fused-ring (bicyclic) bond motifs is 5. The minimum atomic E-state index is -1.04. The number of hydrogen-bond acceptors (Lipinski definition) is 5.